The van der Waals surface area contributed by atoms with Gasteiger partial charge in [0.25, 0.3) is 0 Å². The van der Waals surface area contributed by atoms with Gasteiger partial charge in [-0.2, -0.15) is 0 Å². The summed E-state index contributed by atoms with van der Waals surface area (Å²) in [5.74, 6) is 2.36. The number of anilines is 2. The normalized spacial score (nSPS) is 46.1. The van der Waals surface area contributed by atoms with Crippen LogP contribution in [0, 0.1) is 29.6 Å². The first-order chi connectivity index (χ1) is 24.6. The first-order valence-electron chi connectivity index (χ1n) is 19.9. The number of quaternary nitrogens is 2. The first-order valence-corrected chi connectivity index (χ1v) is 19.9. The zero-order valence-corrected chi connectivity index (χ0v) is 33.3. The Morgan fingerprint density at radius 1 is 0.769 bits per heavy atom. The summed E-state index contributed by atoms with van der Waals surface area (Å²) in [6.45, 7) is 17.0. The number of fused-ring (bicyclic) bond motifs is 4. The van der Waals surface area contributed by atoms with Gasteiger partial charge in [0, 0.05) is 72.7 Å². The van der Waals surface area contributed by atoms with Crippen molar-refractivity contribution in [1.29, 1.82) is 0 Å². The number of hydrogen-bond donors (Lipinski definition) is 0. The summed E-state index contributed by atoms with van der Waals surface area (Å²) in [7, 11) is 0. The maximum Gasteiger partial charge on any atom is 0.136 e. The van der Waals surface area contributed by atoms with E-state index in [1.165, 1.54) is 65.7 Å². The molecule has 2 aromatic carbocycles. The fourth-order valence-corrected chi connectivity index (χ4v) is 15.4. The topological polar surface area (TPSA) is 24.9 Å². The molecule has 8 heterocycles. The molecule has 2 unspecified atom stereocenters. The molecular weight excluding hydrogens is 776 g/mol. The molecule has 2 aromatic rings. The minimum atomic E-state index is 0. The highest BCUT2D eigenvalue weighted by atomic mass is 79.9. The summed E-state index contributed by atoms with van der Waals surface area (Å²) in [6.07, 6.45) is 14.6. The van der Waals surface area contributed by atoms with E-state index < -0.39 is 0 Å². The molecular formula is C44H52Br2N4O2. The lowest BCUT2D eigenvalue weighted by atomic mass is 9.53. The maximum atomic E-state index is 7.50. The monoisotopic (exact) mass is 826 g/mol. The number of para-hydroxylation sites is 2. The standard InChI is InChI=1S/C44H52N4O2.2BrH/c1-3-18-47-20-14-31-36(47)24-32-28(26-47)15-22-49-42-38(32)40(31)45(30-10-6-5-7-11-30)43-39-33-25-37-44(34-12-8-9-13-35(34)46(42)41(39)44)17-21-48(37,19-4-2)27-29(33)16-23-50-43;;/h3-13,15-16,31-33,36-43H,1-2,14,17-27H2;2*1H/q+2;;/p-2/t31-,32-,33-,36-,37-,38+,39+,40+,41-,42+,43+,44+,47?,48?;;/m0../s1. The van der Waals surface area contributed by atoms with Crippen molar-refractivity contribution in [3.63, 3.8) is 0 Å². The highest BCUT2D eigenvalue weighted by Crippen LogP contribution is 2.69. The predicted molar refractivity (Wildman–Crippen MR) is 196 cm³/mol. The van der Waals surface area contributed by atoms with Crippen LogP contribution in [0.4, 0.5) is 11.4 Å². The zero-order chi connectivity index (χ0) is 33.0. The van der Waals surface area contributed by atoms with Crippen LogP contribution in [0.1, 0.15) is 31.2 Å². The van der Waals surface area contributed by atoms with E-state index in [1.807, 2.05) is 0 Å². The Morgan fingerprint density at radius 2 is 1.44 bits per heavy atom. The number of piperidine rings is 2. The molecule has 7 fully saturated rings. The van der Waals surface area contributed by atoms with E-state index in [1.54, 1.807) is 16.7 Å². The second kappa shape index (κ2) is 11.9. The van der Waals surface area contributed by atoms with E-state index in [-0.39, 0.29) is 51.8 Å². The van der Waals surface area contributed by atoms with Crippen molar-refractivity contribution >= 4 is 11.4 Å². The molecule has 6 nitrogen and oxygen atoms in total. The van der Waals surface area contributed by atoms with Gasteiger partial charge in [-0.1, -0.05) is 61.7 Å². The summed E-state index contributed by atoms with van der Waals surface area (Å²) in [5, 5.41) is 0. The van der Waals surface area contributed by atoms with Crippen molar-refractivity contribution in [2.24, 2.45) is 29.6 Å². The van der Waals surface area contributed by atoms with Gasteiger partial charge in [-0.05, 0) is 47.1 Å². The number of benzene rings is 2. The molecule has 14 atom stereocenters. The van der Waals surface area contributed by atoms with Crippen LogP contribution in [0.25, 0.3) is 0 Å². The minimum Gasteiger partial charge on any atom is -1.00 e. The van der Waals surface area contributed by atoms with Gasteiger partial charge in [-0.15, -0.1) is 0 Å². The van der Waals surface area contributed by atoms with Crippen LogP contribution in [-0.2, 0) is 14.9 Å². The number of ether oxygens (including phenoxy) is 2. The molecule has 10 aliphatic rings. The van der Waals surface area contributed by atoms with E-state index in [4.69, 9.17) is 9.47 Å². The number of hydrogen-bond acceptors (Lipinski definition) is 4. The Balaban J connectivity index is 0.00000169. The molecule has 2 aliphatic carbocycles. The van der Waals surface area contributed by atoms with Crippen LogP contribution in [0.2, 0.25) is 0 Å². The Bertz CT molecular complexity index is 1870. The highest BCUT2D eigenvalue weighted by molar-refractivity contribution is 5.68. The van der Waals surface area contributed by atoms with Crippen LogP contribution in [-0.4, -0.2) is 98.1 Å². The second-order valence-electron chi connectivity index (χ2n) is 17.9. The van der Waals surface area contributed by atoms with Crippen LogP contribution in [0.15, 0.2) is 103 Å². The molecule has 0 N–H and O–H groups in total. The second-order valence-corrected chi connectivity index (χ2v) is 17.9. The van der Waals surface area contributed by atoms with Gasteiger partial charge < -0.3 is 62.2 Å². The number of halogens is 2. The molecule has 2 saturated carbocycles. The molecule has 52 heavy (non-hydrogen) atoms. The Morgan fingerprint density at radius 3 is 2.21 bits per heavy atom. The predicted octanol–water partition coefficient (Wildman–Crippen LogP) is 0.0410. The third-order valence-corrected chi connectivity index (χ3v) is 16.7. The van der Waals surface area contributed by atoms with E-state index >= 15 is 0 Å². The summed E-state index contributed by atoms with van der Waals surface area (Å²) < 4.78 is 17.3. The van der Waals surface area contributed by atoms with E-state index in [2.05, 4.69) is 102 Å². The van der Waals surface area contributed by atoms with Gasteiger partial charge in [-0.3, -0.25) is 0 Å². The summed E-state index contributed by atoms with van der Waals surface area (Å²) in [5.41, 5.74) is 7.85. The van der Waals surface area contributed by atoms with Crippen molar-refractivity contribution in [3.8, 4) is 0 Å². The van der Waals surface area contributed by atoms with Crippen molar-refractivity contribution in [2.75, 3.05) is 62.3 Å². The lowest BCUT2D eigenvalue weighted by molar-refractivity contribution is -0.937. The molecule has 5 saturated heterocycles. The Kier molecular flexibility index (Phi) is 7.85. The van der Waals surface area contributed by atoms with Crippen LogP contribution in [0.5, 0.6) is 0 Å². The SMILES string of the molecule is C=CC[N+]12CC[C@@H]3[C@@H]4[C@@H]5[C@@H](OCC=C(C1)[C@@H]5C[C@@H]32)N1c2ccccc2[C@@]23CC[N+]5(CC=C)CC6=CCO[C@H]([C@@H]([C@H]12)[C@H]6C[C@@H]35)N4c1ccccc1.[Br-].[Br-]. The van der Waals surface area contributed by atoms with Crippen molar-refractivity contribution < 1.29 is 52.4 Å². The Hall–Kier alpha value is -2.20. The molecule has 0 aromatic heterocycles. The van der Waals surface area contributed by atoms with Gasteiger partial charge in [0.05, 0.1) is 56.9 Å². The fourth-order valence-electron chi connectivity index (χ4n) is 15.4. The van der Waals surface area contributed by atoms with Crippen LogP contribution >= 0.6 is 0 Å². The third kappa shape index (κ3) is 4.00. The lowest BCUT2D eigenvalue weighted by Crippen LogP contribution is -3.00. The average Bonchev–Trinajstić information content (AvgIpc) is 3.67. The van der Waals surface area contributed by atoms with Gasteiger partial charge in [-0.25, -0.2) is 0 Å². The molecule has 8 aliphatic heterocycles. The minimum absolute atomic E-state index is 0. The third-order valence-electron chi connectivity index (χ3n) is 16.7. The largest absolute Gasteiger partial charge is 1.00 e. The Labute approximate surface area is 330 Å². The molecule has 0 amide bonds. The molecule has 4 bridgehead atoms. The summed E-state index contributed by atoms with van der Waals surface area (Å²) >= 11 is 0. The van der Waals surface area contributed by atoms with E-state index in [0.29, 0.717) is 67.0 Å². The van der Waals surface area contributed by atoms with Crippen molar-refractivity contribution in [1.82, 2.24) is 0 Å². The summed E-state index contributed by atoms with van der Waals surface area (Å²) in [4.78, 5) is 5.89. The first kappa shape index (κ1) is 34.3. The highest BCUT2D eigenvalue weighted by Gasteiger charge is 2.77. The van der Waals surface area contributed by atoms with Gasteiger partial charge >= 0.3 is 0 Å². The molecule has 1 spiro atoms. The number of rotatable bonds is 5. The fraction of sp³-hybridized carbons (Fsp3) is 0.545. The summed E-state index contributed by atoms with van der Waals surface area (Å²) in [6, 6.07) is 23.1. The molecule has 8 heteroatoms. The average molecular weight is 829 g/mol. The zero-order valence-electron chi connectivity index (χ0n) is 30.1. The van der Waals surface area contributed by atoms with Crippen molar-refractivity contribution in [2.45, 2.75) is 67.7 Å². The van der Waals surface area contributed by atoms with Gasteiger partial charge in [0.2, 0.25) is 0 Å². The van der Waals surface area contributed by atoms with Crippen LogP contribution < -0.4 is 43.8 Å². The quantitative estimate of drug-likeness (QED) is 0.315. The molecule has 0 radical (unpaired) electrons. The maximum absolute atomic E-state index is 7.50. The number of nitrogens with zero attached hydrogens (tertiary/aromatic N) is 4. The van der Waals surface area contributed by atoms with Gasteiger partial charge in [0.15, 0.2) is 0 Å². The molecule has 12 rings (SSSR count). The van der Waals surface area contributed by atoms with E-state index in [9.17, 15) is 0 Å². The van der Waals surface area contributed by atoms with E-state index in [0.717, 1.165) is 19.6 Å². The lowest BCUT2D eigenvalue weighted by Gasteiger charge is -2.65. The smallest absolute Gasteiger partial charge is 0.136 e. The molecule has 274 valence electrons. The van der Waals surface area contributed by atoms with Crippen molar-refractivity contribution in [3.05, 3.63) is 109 Å². The van der Waals surface area contributed by atoms with Crippen LogP contribution in [0.3, 0.4) is 0 Å². The van der Waals surface area contributed by atoms with Gasteiger partial charge in [0.1, 0.15) is 31.6 Å².